The maximum absolute atomic E-state index is 11.5. The van der Waals surface area contributed by atoms with Crippen molar-refractivity contribution in [2.75, 3.05) is 32.7 Å². The molecule has 0 aliphatic rings. The van der Waals surface area contributed by atoms with Crippen LogP contribution in [0.5, 0.6) is 0 Å². The third-order valence-corrected chi connectivity index (χ3v) is 3.33. The smallest absolute Gasteiger partial charge is 0.314 e. The van der Waals surface area contributed by atoms with E-state index in [4.69, 9.17) is 5.11 Å². The topological polar surface area (TPSA) is 81.7 Å². The number of urea groups is 1. The van der Waals surface area contributed by atoms with Gasteiger partial charge in [0, 0.05) is 13.1 Å². The number of carboxylic acids is 1. The van der Waals surface area contributed by atoms with Crippen molar-refractivity contribution >= 4 is 12.0 Å². The number of hydrogen-bond acceptors (Lipinski definition) is 3. The first kappa shape index (κ1) is 18.7. The molecule has 0 aliphatic heterocycles. The average Bonchev–Trinajstić information content (AvgIpc) is 2.43. The summed E-state index contributed by atoms with van der Waals surface area (Å²) in [4.78, 5) is 24.7. The molecule has 0 rings (SSSR count). The van der Waals surface area contributed by atoms with E-state index < -0.39 is 11.9 Å². The molecule has 118 valence electrons. The van der Waals surface area contributed by atoms with E-state index in [2.05, 4.69) is 29.4 Å². The summed E-state index contributed by atoms with van der Waals surface area (Å²) in [5, 5.41) is 14.3. The predicted octanol–water partition coefficient (Wildman–Crippen LogP) is 1.52. The highest BCUT2D eigenvalue weighted by molar-refractivity contribution is 5.75. The summed E-state index contributed by atoms with van der Waals surface area (Å²) in [5.74, 6) is -1.35. The lowest BCUT2D eigenvalue weighted by atomic mass is 10.0. The third kappa shape index (κ3) is 8.74. The number of hydrogen-bond donors (Lipinski definition) is 3. The summed E-state index contributed by atoms with van der Waals surface area (Å²) in [6.45, 7) is 9.94. The van der Waals surface area contributed by atoms with E-state index in [9.17, 15) is 9.59 Å². The fourth-order valence-corrected chi connectivity index (χ4v) is 1.98. The van der Waals surface area contributed by atoms with Crippen LogP contribution in [-0.4, -0.2) is 54.7 Å². The predicted molar refractivity (Wildman–Crippen MR) is 79.8 cm³/mol. The molecule has 1 atom stereocenters. The van der Waals surface area contributed by atoms with Gasteiger partial charge in [-0.05, 0) is 32.5 Å². The molecule has 2 amide bonds. The first-order valence-electron chi connectivity index (χ1n) is 7.51. The second-order valence-corrected chi connectivity index (χ2v) is 4.84. The number of carbonyl (C=O) groups is 2. The second kappa shape index (κ2) is 11.5. The van der Waals surface area contributed by atoms with Crippen LogP contribution in [0.3, 0.4) is 0 Å². The van der Waals surface area contributed by atoms with Gasteiger partial charge in [-0.25, -0.2) is 4.79 Å². The van der Waals surface area contributed by atoms with Crippen LogP contribution in [0.4, 0.5) is 4.79 Å². The minimum atomic E-state index is -0.853. The van der Waals surface area contributed by atoms with E-state index in [1.54, 1.807) is 0 Å². The number of carbonyl (C=O) groups excluding carboxylic acids is 1. The van der Waals surface area contributed by atoms with Crippen molar-refractivity contribution in [3.05, 3.63) is 0 Å². The summed E-state index contributed by atoms with van der Waals surface area (Å²) in [6.07, 6.45) is 2.27. The van der Waals surface area contributed by atoms with Gasteiger partial charge in [0.1, 0.15) is 0 Å². The highest BCUT2D eigenvalue weighted by atomic mass is 16.4. The van der Waals surface area contributed by atoms with Crippen molar-refractivity contribution in [3.63, 3.8) is 0 Å². The molecular weight excluding hydrogens is 258 g/mol. The second-order valence-electron chi connectivity index (χ2n) is 4.84. The lowest BCUT2D eigenvalue weighted by molar-refractivity contribution is -0.141. The summed E-state index contributed by atoms with van der Waals surface area (Å²) in [5.41, 5.74) is 0. The summed E-state index contributed by atoms with van der Waals surface area (Å²) < 4.78 is 0. The standard InChI is InChI=1S/C14H29N3O3/c1-4-8-12(13(18)19)11-16-14(20)15-9-7-10-17(5-2)6-3/h12H,4-11H2,1-3H3,(H,18,19)(H2,15,16,20). The maximum Gasteiger partial charge on any atom is 0.314 e. The van der Waals surface area contributed by atoms with Gasteiger partial charge in [0.25, 0.3) is 0 Å². The van der Waals surface area contributed by atoms with Crippen molar-refractivity contribution in [1.29, 1.82) is 0 Å². The van der Waals surface area contributed by atoms with Crippen LogP contribution in [0.15, 0.2) is 0 Å². The minimum Gasteiger partial charge on any atom is -0.481 e. The summed E-state index contributed by atoms with van der Waals surface area (Å²) in [6, 6.07) is -0.285. The van der Waals surface area contributed by atoms with E-state index in [0.29, 0.717) is 13.0 Å². The number of nitrogens with one attached hydrogen (secondary N) is 2. The molecule has 0 bridgehead atoms. The van der Waals surface area contributed by atoms with Gasteiger partial charge in [0.15, 0.2) is 0 Å². The summed E-state index contributed by atoms with van der Waals surface area (Å²) >= 11 is 0. The molecule has 3 N–H and O–H groups in total. The van der Waals surface area contributed by atoms with E-state index in [-0.39, 0.29) is 12.6 Å². The molecule has 6 heteroatoms. The Morgan fingerprint density at radius 3 is 2.30 bits per heavy atom. The van der Waals surface area contributed by atoms with E-state index in [1.807, 2.05) is 6.92 Å². The van der Waals surface area contributed by atoms with Crippen molar-refractivity contribution in [2.45, 2.75) is 40.0 Å². The van der Waals surface area contributed by atoms with Crippen LogP contribution in [0.1, 0.15) is 40.0 Å². The number of amides is 2. The molecule has 0 fully saturated rings. The first-order chi connectivity index (χ1) is 9.54. The number of carboxylic acid groups (broad SMARTS) is 1. The van der Waals surface area contributed by atoms with Gasteiger partial charge >= 0.3 is 12.0 Å². The van der Waals surface area contributed by atoms with Crippen molar-refractivity contribution in [1.82, 2.24) is 15.5 Å². The Hall–Kier alpha value is -1.30. The quantitative estimate of drug-likeness (QED) is 0.503. The third-order valence-electron chi connectivity index (χ3n) is 3.33. The van der Waals surface area contributed by atoms with E-state index in [1.165, 1.54) is 0 Å². The van der Waals surface area contributed by atoms with Crippen LogP contribution in [0, 0.1) is 5.92 Å². The molecule has 0 spiro atoms. The fraction of sp³-hybridized carbons (Fsp3) is 0.857. The Labute approximate surface area is 121 Å². The molecule has 20 heavy (non-hydrogen) atoms. The maximum atomic E-state index is 11.5. The normalized spacial score (nSPS) is 12.2. The molecule has 0 aromatic heterocycles. The lowest BCUT2D eigenvalue weighted by Gasteiger charge is -2.18. The van der Waals surface area contributed by atoms with Gasteiger partial charge < -0.3 is 20.6 Å². The molecular formula is C14H29N3O3. The highest BCUT2D eigenvalue weighted by Crippen LogP contribution is 2.04. The number of nitrogens with zero attached hydrogens (tertiary/aromatic N) is 1. The van der Waals surface area contributed by atoms with Gasteiger partial charge in [0.05, 0.1) is 5.92 Å². The first-order valence-corrected chi connectivity index (χ1v) is 7.51. The number of aliphatic carboxylic acids is 1. The zero-order valence-electron chi connectivity index (χ0n) is 12.9. The molecule has 0 aliphatic carbocycles. The molecule has 1 unspecified atom stereocenters. The SMILES string of the molecule is CCCC(CNC(=O)NCCCN(CC)CC)C(=O)O. The van der Waals surface area contributed by atoms with Crippen molar-refractivity contribution in [2.24, 2.45) is 5.92 Å². The van der Waals surface area contributed by atoms with E-state index in [0.717, 1.165) is 32.5 Å². The zero-order chi connectivity index (χ0) is 15.4. The van der Waals surface area contributed by atoms with Gasteiger partial charge in [0.2, 0.25) is 0 Å². The molecule has 0 saturated heterocycles. The molecule has 0 saturated carbocycles. The van der Waals surface area contributed by atoms with Crippen LogP contribution in [0.25, 0.3) is 0 Å². The average molecular weight is 287 g/mol. The minimum absolute atomic E-state index is 0.186. The Bertz CT molecular complexity index is 281. The van der Waals surface area contributed by atoms with Crippen LogP contribution in [-0.2, 0) is 4.79 Å². The van der Waals surface area contributed by atoms with Crippen LogP contribution in [0.2, 0.25) is 0 Å². The molecule has 0 aromatic rings. The summed E-state index contributed by atoms with van der Waals surface area (Å²) in [7, 11) is 0. The monoisotopic (exact) mass is 287 g/mol. The van der Waals surface area contributed by atoms with Gasteiger partial charge in [-0.1, -0.05) is 27.2 Å². The van der Waals surface area contributed by atoms with Gasteiger partial charge in [-0.3, -0.25) is 4.79 Å². The molecule has 0 heterocycles. The molecule has 0 aromatic carbocycles. The molecule has 6 nitrogen and oxygen atoms in total. The largest absolute Gasteiger partial charge is 0.481 e. The number of rotatable bonds is 11. The van der Waals surface area contributed by atoms with E-state index >= 15 is 0 Å². The van der Waals surface area contributed by atoms with Crippen molar-refractivity contribution in [3.8, 4) is 0 Å². The van der Waals surface area contributed by atoms with Crippen LogP contribution < -0.4 is 10.6 Å². The lowest BCUT2D eigenvalue weighted by Crippen LogP contribution is -2.40. The Morgan fingerprint density at radius 2 is 1.80 bits per heavy atom. The van der Waals surface area contributed by atoms with Crippen LogP contribution >= 0.6 is 0 Å². The van der Waals surface area contributed by atoms with Gasteiger partial charge in [-0.2, -0.15) is 0 Å². The Balaban J connectivity index is 3.75. The Kier molecular flexibility index (Phi) is 10.8. The zero-order valence-corrected chi connectivity index (χ0v) is 12.9. The fourth-order valence-electron chi connectivity index (χ4n) is 1.98. The van der Waals surface area contributed by atoms with Gasteiger partial charge in [-0.15, -0.1) is 0 Å². The highest BCUT2D eigenvalue weighted by Gasteiger charge is 2.16. The molecule has 0 radical (unpaired) electrons. The van der Waals surface area contributed by atoms with Crippen molar-refractivity contribution < 1.29 is 14.7 Å². The Morgan fingerprint density at radius 1 is 1.15 bits per heavy atom.